The predicted molar refractivity (Wildman–Crippen MR) is 111 cm³/mol. The first-order chi connectivity index (χ1) is 13.7. The van der Waals surface area contributed by atoms with Gasteiger partial charge >= 0.3 is 57.4 Å². The number of carbonyl (C=O) groups is 1. The van der Waals surface area contributed by atoms with Crippen molar-refractivity contribution in [2.45, 2.75) is 0 Å². The summed E-state index contributed by atoms with van der Waals surface area (Å²) in [6.45, 7) is 0. The number of fused-ring (bicyclic) bond motifs is 1. The van der Waals surface area contributed by atoms with Crippen molar-refractivity contribution < 1.29 is 65.7 Å². The second-order valence-corrected chi connectivity index (χ2v) is 6.23. The third-order valence-corrected chi connectivity index (χ3v) is 4.35. The topological polar surface area (TPSA) is 49.6 Å². The van der Waals surface area contributed by atoms with E-state index in [9.17, 15) is 4.79 Å². The summed E-state index contributed by atoms with van der Waals surface area (Å²) in [7, 11) is 1.36. The predicted octanol–water partition coefficient (Wildman–Crippen LogP) is 3.76. The fourth-order valence-corrected chi connectivity index (χ4v) is 2.95. The van der Waals surface area contributed by atoms with Crippen molar-refractivity contribution in [3.8, 4) is 11.5 Å². The van der Waals surface area contributed by atoms with Gasteiger partial charge in [0.2, 0.25) is 0 Å². The van der Waals surface area contributed by atoms with E-state index in [4.69, 9.17) is 9.47 Å². The van der Waals surface area contributed by atoms with E-state index in [-0.39, 0.29) is 51.4 Å². The van der Waals surface area contributed by atoms with Crippen LogP contribution in [0.1, 0.15) is 10.4 Å². The molecule has 0 N–H and O–H groups in total. The van der Waals surface area contributed by atoms with Crippen molar-refractivity contribution in [1.29, 1.82) is 0 Å². The van der Waals surface area contributed by atoms with E-state index in [1.54, 1.807) is 18.2 Å². The number of carbonyl (C=O) groups excluding carboxylic acids is 1. The van der Waals surface area contributed by atoms with Crippen LogP contribution < -0.4 is 56.1 Å². The zero-order chi connectivity index (χ0) is 19.3. The van der Waals surface area contributed by atoms with Crippen molar-refractivity contribution >= 4 is 28.1 Å². The molecule has 0 saturated heterocycles. The molecule has 0 aliphatic heterocycles. The SMILES string of the molecule is COC(=O)c1ccccc1[N-]c1ccc(Oc2ccc3ccccc3c2)cc1.[K+]. The van der Waals surface area contributed by atoms with Crippen molar-refractivity contribution in [3.63, 3.8) is 0 Å². The van der Waals surface area contributed by atoms with Crippen LogP contribution >= 0.6 is 0 Å². The molecule has 4 aromatic carbocycles. The number of esters is 1. The van der Waals surface area contributed by atoms with Gasteiger partial charge in [0, 0.05) is 5.56 Å². The minimum Gasteiger partial charge on any atom is -0.657 e. The molecule has 0 spiro atoms. The van der Waals surface area contributed by atoms with E-state index in [2.05, 4.69) is 17.4 Å². The maximum Gasteiger partial charge on any atom is 1.00 e. The molecule has 4 rings (SSSR count). The number of nitrogens with zero attached hydrogens (tertiary/aromatic N) is 1. The molecular formula is C24H18KNO3. The molecule has 0 fully saturated rings. The van der Waals surface area contributed by atoms with Gasteiger partial charge in [-0.1, -0.05) is 60.7 Å². The van der Waals surface area contributed by atoms with E-state index in [1.165, 1.54) is 12.5 Å². The van der Waals surface area contributed by atoms with E-state index >= 15 is 0 Å². The van der Waals surface area contributed by atoms with Crippen LogP contribution in [-0.2, 0) is 4.74 Å². The summed E-state index contributed by atoms with van der Waals surface area (Å²) in [6, 6.07) is 28.7. The standard InChI is InChI=1S/C24H19NO3.K/c1-27-24(26)22-8-4-5-9-23(22)25-19-11-14-20(15-12-19)28-21-13-10-17-6-2-3-7-18(17)16-21;/h2-16H,1H3,(H,25,26);/q;+1/p-1. The first-order valence-corrected chi connectivity index (χ1v) is 8.89. The Bertz CT molecular complexity index is 1130. The Hall–Kier alpha value is -2.15. The molecule has 0 amide bonds. The molecule has 0 aromatic heterocycles. The summed E-state index contributed by atoms with van der Waals surface area (Å²) in [4.78, 5) is 11.9. The molecule has 0 aliphatic rings. The van der Waals surface area contributed by atoms with Gasteiger partial charge in [-0.15, -0.1) is 11.4 Å². The third kappa shape index (κ3) is 5.26. The van der Waals surface area contributed by atoms with Gasteiger partial charge in [0.05, 0.1) is 7.11 Å². The zero-order valence-electron chi connectivity index (χ0n) is 16.3. The minimum atomic E-state index is -0.407. The summed E-state index contributed by atoms with van der Waals surface area (Å²) in [6.07, 6.45) is 0. The normalized spacial score (nSPS) is 10.1. The van der Waals surface area contributed by atoms with Gasteiger partial charge in [-0.25, -0.2) is 4.79 Å². The number of hydrogen-bond acceptors (Lipinski definition) is 3. The van der Waals surface area contributed by atoms with Gasteiger partial charge in [0.15, 0.2) is 0 Å². The molecule has 0 saturated carbocycles. The first kappa shape index (κ1) is 21.6. The van der Waals surface area contributed by atoms with Crippen LogP contribution in [0.5, 0.6) is 11.5 Å². The quantitative estimate of drug-likeness (QED) is 0.374. The molecule has 0 atom stereocenters. The Labute approximate surface area is 212 Å². The summed E-state index contributed by atoms with van der Waals surface area (Å²) < 4.78 is 10.8. The molecule has 4 nitrogen and oxygen atoms in total. The summed E-state index contributed by atoms with van der Waals surface area (Å²) in [5.74, 6) is 1.09. The van der Waals surface area contributed by atoms with Crippen LogP contribution in [0.4, 0.5) is 11.4 Å². The molecular weight excluding hydrogens is 389 g/mol. The Balaban J connectivity index is 0.00000240. The van der Waals surface area contributed by atoms with Crippen LogP contribution in [0.15, 0.2) is 91.0 Å². The van der Waals surface area contributed by atoms with Crippen LogP contribution in [0, 0.1) is 0 Å². The van der Waals surface area contributed by atoms with Gasteiger partial charge in [-0.3, -0.25) is 0 Å². The number of para-hydroxylation sites is 1. The fraction of sp³-hybridized carbons (Fsp3) is 0.0417. The van der Waals surface area contributed by atoms with Crippen LogP contribution in [0.25, 0.3) is 16.1 Å². The Morgan fingerprint density at radius 3 is 2.17 bits per heavy atom. The van der Waals surface area contributed by atoms with Gasteiger partial charge < -0.3 is 14.8 Å². The fourth-order valence-electron chi connectivity index (χ4n) is 2.95. The molecule has 0 radical (unpaired) electrons. The molecule has 0 heterocycles. The number of benzene rings is 4. The van der Waals surface area contributed by atoms with Gasteiger partial charge in [0.1, 0.15) is 11.5 Å². The molecule has 4 aromatic rings. The average molecular weight is 408 g/mol. The van der Waals surface area contributed by atoms with Crippen LogP contribution in [0.3, 0.4) is 0 Å². The Morgan fingerprint density at radius 1 is 0.759 bits per heavy atom. The van der Waals surface area contributed by atoms with Crippen LogP contribution in [0.2, 0.25) is 0 Å². The van der Waals surface area contributed by atoms with E-state index in [0.29, 0.717) is 11.3 Å². The number of methoxy groups -OCH3 is 1. The minimum absolute atomic E-state index is 0. The molecule has 0 aliphatic carbocycles. The number of rotatable bonds is 5. The largest absolute Gasteiger partial charge is 1.00 e. The summed E-state index contributed by atoms with van der Waals surface area (Å²) in [5.41, 5.74) is 1.72. The smallest absolute Gasteiger partial charge is 0.657 e. The number of hydrogen-bond donors (Lipinski definition) is 0. The second kappa shape index (κ2) is 10.0. The van der Waals surface area contributed by atoms with Gasteiger partial charge in [0.25, 0.3) is 0 Å². The molecule has 138 valence electrons. The Morgan fingerprint density at radius 2 is 1.41 bits per heavy atom. The maximum absolute atomic E-state index is 11.9. The Kier molecular flexibility index (Phi) is 7.47. The van der Waals surface area contributed by atoms with Crippen molar-refractivity contribution in [2.24, 2.45) is 0 Å². The van der Waals surface area contributed by atoms with Gasteiger partial charge in [-0.2, -0.15) is 0 Å². The van der Waals surface area contributed by atoms with E-state index < -0.39 is 5.97 Å². The maximum atomic E-state index is 11.9. The molecule has 0 unspecified atom stereocenters. The van der Waals surface area contributed by atoms with E-state index in [1.807, 2.05) is 60.7 Å². The third-order valence-electron chi connectivity index (χ3n) is 4.35. The second-order valence-electron chi connectivity index (χ2n) is 6.23. The summed E-state index contributed by atoms with van der Waals surface area (Å²) >= 11 is 0. The molecule has 5 heteroatoms. The summed E-state index contributed by atoms with van der Waals surface area (Å²) in [5, 5.41) is 6.85. The first-order valence-electron chi connectivity index (χ1n) is 8.89. The number of ether oxygens (including phenoxy) is 2. The van der Waals surface area contributed by atoms with Crippen molar-refractivity contribution in [1.82, 2.24) is 0 Å². The molecule has 0 bridgehead atoms. The average Bonchev–Trinajstić information content (AvgIpc) is 2.75. The molecule has 29 heavy (non-hydrogen) atoms. The van der Waals surface area contributed by atoms with Crippen molar-refractivity contribution in [3.05, 3.63) is 102 Å². The van der Waals surface area contributed by atoms with Crippen LogP contribution in [-0.4, -0.2) is 13.1 Å². The van der Waals surface area contributed by atoms with Crippen molar-refractivity contribution in [2.75, 3.05) is 7.11 Å². The van der Waals surface area contributed by atoms with E-state index in [0.717, 1.165) is 22.6 Å². The monoisotopic (exact) mass is 407 g/mol. The zero-order valence-corrected chi connectivity index (χ0v) is 19.5. The van der Waals surface area contributed by atoms with Gasteiger partial charge in [-0.05, 0) is 41.1 Å².